The number of aromatic nitrogens is 2. The normalized spacial score (nSPS) is 20.2. The van der Waals surface area contributed by atoms with E-state index >= 15 is 0 Å². The van der Waals surface area contributed by atoms with E-state index in [1.54, 1.807) is 0 Å². The van der Waals surface area contributed by atoms with Gasteiger partial charge < -0.3 is 10.1 Å². The minimum Gasteiger partial charge on any atom is -0.373 e. The topological polar surface area (TPSA) is 73.2 Å². The predicted molar refractivity (Wildman–Crippen MR) is 94.4 cm³/mol. The van der Waals surface area contributed by atoms with Crippen molar-refractivity contribution in [3.8, 4) is 0 Å². The lowest BCUT2D eigenvalue weighted by atomic mass is 9.89. The van der Waals surface area contributed by atoms with Gasteiger partial charge in [0.15, 0.2) is 0 Å². The van der Waals surface area contributed by atoms with E-state index in [2.05, 4.69) is 41.6 Å². The van der Waals surface area contributed by atoms with E-state index in [-0.39, 0.29) is 29.2 Å². The first-order chi connectivity index (χ1) is 12.0. The van der Waals surface area contributed by atoms with Gasteiger partial charge in [-0.25, -0.2) is 4.68 Å². The van der Waals surface area contributed by atoms with Gasteiger partial charge in [-0.3, -0.25) is 9.59 Å². The van der Waals surface area contributed by atoms with Crippen molar-refractivity contribution in [1.82, 2.24) is 15.1 Å². The van der Waals surface area contributed by atoms with Crippen LogP contribution in [-0.4, -0.2) is 28.8 Å². The molecule has 0 aliphatic carbocycles. The van der Waals surface area contributed by atoms with Crippen molar-refractivity contribution in [3.63, 3.8) is 0 Å². The first kappa shape index (κ1) is 17.4. The van der Waals surface area contributed by atoms with Crippen LogP contribution in [0, 0.1) is 12.8 Å². The lowest BCUT2D eigenvalue weighted by molar-refractivity contribution is -0.0272. The molecule has 6 heteroatoms. The van der Waals surface area contributed by atoms with Gasteiger partial charge in [0.05, 0.1) is 6.10 Å². The molecule has 0 bridgehead atoms. The van der Waals surface area contributed by atoms with Gasteiger partial charge in [-0.15, -0.1) is 0 Å². The van der Waals surface area contributed by atoms with Gasteiger partial charge in [0.2, 0.25) is 0 Å². The van der Waals surface area contributed by atoms with Crippen LogP contribution in [0.1, 0.15) is 40.6 Å². The largest absolute Gasteiger partial charge is 0.373 e. The highest BCUT2D eigenvalue weighted by Crippen LogP contribution is 2.33. The molecule has 1 aromatic carbocycles. The van der Waals surface area contributed by atoms with Crippen LogP contribution in [-0.2, 0) is 11.8 Å². The van der Waals surface area contributed by atoms with E-state index in [4.69, 9.17) is 4.74 Å². The Hall–Kier alpha value is -2.47. The van der Waals surface area contributed by atoms with Crippen molar-refractivity contribution in [1.29, 1.82) is 0 Å². The van der Waals surface area contributed by atoms with Crippen LogP contribution in [0.4, 0.5) is 0 Å². The minimum atomic E-state index is -0.274. The molecule has 132 valence electrons. The van der Waals surface area contributed by atoms with Crippen LogP contribution in [0.3, 0.4) is 0 Å². The van der Waals surface area contributed by atoms with E-state index < -0.39 is 0 Å². The molecule has 1 amide bonds. The summed E-state index contributed by atoms with van der Waals surface area (Å²) in [6, 6.07) is 11.1. The molecule has 0 radical (unpaired) electrons. The summed E-state index contributed by atoms with van der Waals surface area (Å²) in [6.45, 7) is 3.32. The molecule has 2 heterocycles. The molecular formula is C19H23N3O3. The number of hydrogen-bond acceptors (Lipinski definition) is 4. The lowest BCUT2D eigenvalue weighted by Crippen LogP contribution is -2.36. The standard InChI is InChI=1S/C19H23N3O3/c1-13-5-7-14(8-6-13)18-15(4-3-11-25-18)12-20-19(24)16-9-10-17(23)22(2)21-16/h5-10,15,18H,3-4,11-12H2,1-2H3,(H,20,24)/t15-,18-/m0/s1. The molecule has 2 aromatic rings. The summed E-state index contributed by atoms with van der Waals surface area (Å²) in [4.78, 5) is 23.7. The summed E-state index contributed by atoms with van der Waals surface area (Å²) in [6.07, 6.45) is 1.98. The first-order valence-corrected chi connectivity index (χ1v) is 8.55. The number of nitrogens with one attached hydrogen (secondary N) is 1. The fraction of sp³-hybridized carbons (Fsp3) is 0.421. The SMILES string of the molecule is Cc1ccc([C@@H]2OCCC[C@H]2CNC(=O)c2ccc(=O)n(C)n2)cc1. The molecule has 0 saturated carbocycles. The van der Waals surface area contributed by atoms with Gasteiger partial charge in [0.1, 0.15) is 5.69 Å². The Morgan fingerprint density at radius 2 is 2.04 bits per heavy atom. The summed E-state index contributed by atoms with van der Waals surface area (Å²) in [5, 5.41) is 6.91. The number of hydrogen-bond donors (Lipinski definition) is 1. The average molecular weight is 341 g/mol. The smallest absolute Gasteiger partial charge is 0.271 e. The Morgan fingerprint density at radius 3 is 2.76 bits per heavy atom. The van der Waals surface area contributed by atoms with Crippen LogP contribution in [0.25, 0.3) is 0 Å². The van der Waals surface area contributed by atoms with Gasteiger partial charge in [-0.2, -0.15) is 5.10 Å². The van der Waals surface area contributed by atoms with Gasteiger partial charge in [-0.1, -0.05) is 29.8 Å². The summed E-state index contributed by atoms with van der Waals surface area (Å²) in [5.74, 6) is -0.0585. The molecule has 0 unspecified atom stereocenters. The number of carbonyl (C=O) groups is 1. The van der Waals surface area contributed by atoms with Gasteiger partial charge in [0.25, 0.3) is 11.5 Å². The van der Waals surface area contributed by atoms with Crippen LogP contribution >= 0.6 is 0 Å². The van der Waals surface area contributed by atoms with Crippen LogP contribution in [0.15, 0.2) is 41.2 Å². The Balaban J connectivity index is 1.67. The maximum absolute atomic E-state index is 12.3. The van der Waals surface area contributed by atoms with E-state index in [9.17, 15) is 9.59 Å². The number of benzene rings is 1. The highest BCUT2D eigenvalue weighted by molar-refractivity contribution is 5.91. The van der Waals surface area contributed by atoms with E-state index in [1.165, 1.54) is 24.7 Å². The zero-order valence-corrected chi connectivity index (χ0v) is 14.6. The lowest BCUT2D eigenvalue weighted by Gasteiger charge is -2.32. The van der Waals surface area contributed by atoms with Gasteiger partial charge in [0, 0.05) is 32.2 Å². The third-order valence-corrected chi connectivity index (χ3v) is 4.57. The van der Waals surface area contributed by atoms with E-state index in [0.29, 0.717) is 6.54 Å². The third kappa shape index (κ3) is 4.14. The van der Waals surface area contributed by atoms with Crippen molar-refractivity contribution in [2.75, 3.05) is 13.2 Å². The molecule has 2 atom stereocenters. The molecule has 1 aromatic heterocycles. The van der Waals surface area contributed by atoms with Gasteiger partial charge in [-0.05, 0) is 31.4 Å². The fourth-order valence-electron chi connectivity index (χ4n) is 3.11. The van der Waals surface area contributed by atoms with Crippen LogP contribution in [0.5, 0.6) is 0 Å². The molecule has 1 N–H and O–H groups in total. The number of nitrogens with zero attached hydrogens (tertiary/aromatic N) is 2. The quantitative estimate of drug-likeness (QED) is 0.923. The Kier molecular flexibility index (Phi) is 5.28. The van der Waals surface area contributed by atoms with Crippen LogP contribution in [0.2, 0.25) is 0 Å². The van der Waals surface area contributed by atoms with Crippen molar-refractivity contribution in [2.24, 2.45) is 13.0 Å². The summed E-state index contributed by atoms with van der Waals surface area (Å²) >= 11 is 0. The van der Waals surface area contributed by atoms with Gasteiger partial charge >= 0.3 is 0 Å². The summed E-state index contributed by atoms with van der Waals surface area (Å²) < 4.78 is 7.14. The van der Waals surface area contributed by atoms with E-state index in [1.807, 2.05) is 0 Å². The fourth-order valence-corrected chi connectivity index (χ4v) is 3.11. The Bertz CT molecular complexity index is 798. The second-order valence-corrected chi connectivity index (χ2v) is 6.49. The van der Waals surface area contributed by atoms with Crippen molar-refractivity contribution in [2.45, 2.75) is 25.9 Å². The average Bonchev–Trinajstić information content (AvgIpc) is 2.63. The second kappa shape index (κ2) is 7.61. The summed E-state index contributed by atoms with van der Waals surface area (Å²) in [5.41, 5.74) is 2.36. The molecule has 0 spiro atoms. The molecule has 6 nitrogen and oxygen atoms in total. The van der Waals surface area contributed by atoms with Crippen molar-refractivity contribution in [3.05, 3.63) is 63.6 Å². The van der Waals surface area contributed by atoms with Crippen LogP contribution < -0.4 is 10.9 Å². The second-order valence-electron chi connectivity index (χ2n) is 6.49. The maximum atomic E-state index is 12.3. The number of rotatable bonds is 4. The number of carbonyl (C=O) groups excluding carboxylic acids is 1. The zero-order chi connectivity index (χ0) is 17.8. The molecule has 1 aliphatic heterocycles. The third-order valence-electron chi connectivity index (χ3n) is 4.57. The van der Waals surface area contributed by atoms with Crippen molar-refractivity contribution >= 4 is 5.91 Å². The highest BCUT2D eigenvalue weighted by Gasteiger charge is 2.28. The van der Waals surface area contributed by atoms with Crippen molar-refractivity contribution < 1.29 is 9.53 Å². The Labute approximate surface area is 146 Å². The molecular weight excluding hydrogens is 318 g/mol. The number of ether oxygens (including phenoxy) is 1. The number of aryl methyl sites for hydroxylation is 2. The molecule has 1 saturated heterocycles. The zero-order valence-electron chi connectivity index (χ0n) is 14.6. The number of amides is 1. The molecule has 1 aliphatic rings. The monoisotopic (exact) mass is 341 g/mol. The first-order valence-electron chi connectivity index (χ1n) is 8.55. The molecule has 25 heavy (non-hydrogen) atoms. The summed E-state index contributed by atoms with van der Waals surface area (Å²) in [7, 11) is 1.53. The minimum absolute atomic E-state index is 0.0114. The molecule has 1 fully saturated rings. The Morgan fingerprint density at radius 1 is 1.28 bits per heavy atom. The van der Waals surface area contributed by atoms with E-state index in [0.717, 1.165) is 29.7 Å². The maximum Gasteiger partial charge on any atom is 0.271 e. The predicted octanol–water partition coefficient (Wildman–Crippen LogP) is 1.99. The molecule has 3 rings (SSSR count). The highest BCUT2D eigenvalue weighted by atomic mass is 16.5.